The molecule has 0 bridgehead atoms. The molecule has 0 spiro atoms. The lowest BCUT2D eigenvalue weighted by Crippen LogP contribution is -2.26. The molecule has 1 aliphatic rings. The van der Waals surface area contributed by atoms with E-state index in [2.05, 4.69) is 42.2 Å². The zero-order valence-electron chi connectivity index (χ0n) is 13.6. The Hall–Kier alpha value is -1.13. The van der Waals surface area contributed by atoms with Crippen LogP contribution in [0, 0.1) is 5.92 Å². The fraction of sp³-hybridized carbons (Fsp3) is 0.706. The first-order valence-corrected chi connectivity index (χ1v) is 8.14. The van der Waals surface area contributed by atoms with Gasteiger partial charge in [-0.05, 0) is 50.9 Å². The number of aromatic nitrogens is 1. The van der Waals surface area contributed by atoms with E-state index in [1.54, 1.807) is 0 Å². The van der Waals surface area contributed by atoms with E-state index in [-0.39, 0.29) is 0 Å². The maximum absolute atomic E-state index is 5.76. The van der Waals surface area contributed by atoms with Gasteiger partial charge in [0.05, 0.1) is 6.61 Å². The van der Waals surface area contributed by atoms with Crippen LogP contribution in [-0.4, -0.2) is 42.7 Å². The summed E-state index contributed by atoms with van der Waals surface area (Å²) in [4.78, 5) is 6.81. The van der Waals surface area contributed by atoms with Gasteiger partial charge in [-0.2, -0.15) is 0 Å². The molecule has 21 heavy (non-hydrogen) atoms. The van der Waals surface area contributed by atoms with Gasteiger partial charge in [0.25, 0.3) is 0 Å². The summed E-state index contributed by atoms with van der Waals surface area (Å²) in [5, 5.41) is 3.42. The number of hydrogen-bond acceptors (Lipinski definition) is 4. The molecule has 1 aromatic heterocycles. The van der Waals surface area contributed by atoms with Crippen molar-refractivity contribution >= 4 is 0 Å². The first-order valence-electron chi connectivity index (χ1n) is 8.14. The van der Waals surface area contributed by atoms with E-state index in [1.807, 2.05) is 12.3 Å². The third-order valence-corrected chi connectivity index (χ3v) is 4.05. The maximum atomic E-state index is 5.76. The predicted molar refractivity (Wildman–Crippen MR) is 86.5 cm³/mol. The Morgan fingerprint density at radius 3 is 2.90 bits per heavy atom. The van der Waals surface area contributed by atoms with Crippen molar-refractivity contribution in [3.63, 3.8) is 0 Å². The molecular weight excluding hydrogens is 262 g/mol. The maximum Gasteiger partial charge on any atom is 0.213 e. The van der Waals surface area contributed by atoms with E-state index < -0.39 is 0 Å². The smallest absolute Gasteiger partial charge is 0.213 e. The van der Waals surface area contributed by atoms with Gasteiger partial charge in [0, 0.05) is 24.8 Å². The van der Waals surface area contributed by atoms with Crippen LogP contribution in [0.5, 0.6) is 5.88 Å². The summed E-state index contributed by atoms with van der Waals surface area (Å²) in [7, 11) is 2.20. The monoisotopic (exact) mass is 291 g/mol. The Kier molecular flexibility index (Phi) is 6.46. The topological polar surface area (TPSA) is 37.4 Å². The average Bonchev–Trinajstić information content (AvgIpc) is 2.86. The average molecular weight is 291 g/mol. The molecule has 1 aliphatic heterocycles. The largest absolute Gasteiger partial charge is 0.478 e. The Morgan fingerprint density at radius 2 is 2.29 bits per heavy atom. The summed E-state index contributed by atoms with van der Waals surface area (Å²) in [5.41, 5.74) is 1.21. The van der Waals surface area contributed by atoms with Crippen LogP contribution in [0.4, 0.5) is 0 Å². The Bertz CT molecular complexity index is 405. The van der Waals surface area contributed by atoms with Crippen molar-refractivity contribution in [2.75, 3.05) is 26.7 Å². The number of likely N-dealkylation sites (tertiary alicyclic amines) is 1. The third-order valence-electron chi connectivity index (χ3n) is 4.05. The summed E-state index contributed by atoms with van der Waals surface area (Å²) in [6.45, 7) is 8.31. The van der Waals surface area contributed by atoms with Crippen molar-refractivity contribution in [1.82, 2.24) is 15.2 Å². The van der Waals surface area contributed by atoms with E-state index in [0.717, 1.165) is 32.0 Å². The Morgan fingerprint density at radius 1 is 1.43 bits per heavy atom. The number of hydrogen-bond donors (Lipinski definition) is 1. The van der Waals surface area contributed by atoms with Crippen LogP contribution in [0.3, 0.4) is 0 Å². The van der Waals surface area contributed by atoms with Crippen LogP contribution in [0.1, 0.15) is 38.7 Å². The quantitative estimate of drug-likeness (QED) is 0.799. The van der Waals surface area contributed by atoms with E-state index in [1.165, 1.54) is 24.9 Å². The number of rotatable bonds is 8. The number of nitrogens with zero attached hydrogens (tertiary/aromatic N) is 2. The highest BCUT2D eigenvalue weighted by atomic mass is 16.5. The predicted octanol–water partition coefficient (Wildman–Crippen LogP) is 2.69. The molecule has 4 heteroatoms. The number of ether oxygens (including phenoxy) is 1. The molecule has 4 nitrogen and oxygen atoms in total. The normalized spacial score (nSPS) is 19.3. The molecule has 1 atom stereocenters. The lowest BCUT2D eigenvalue weighted by Gasteiger charge is -2.19. The van der Waals surface area contributed by atoms with Crippen molar-refractivity contribution < 1.29 is 4.74 Å². The molecule has 118 valence electrons. The molecule has 2 heterocycles. The molecule has 1 N–H and O–H groups in total. The third kappa shape index (κ3) is 5.64. The molecule has 0 amide bonds. The summed E-state index contributed by atoms with van der Waals surface area (Å²) < 4.78 is 5.76. The van der Waals surface area contributed by atoms with Crippen LogP contribution in [-0.2, 0) is 6.54 Å². The standard InChI is InChI=1S/C17H29N3O/c1-14(2)11-18-12-15-6-7-17(19-13-15)21-10-8-16-5-4-9-20(16)3/h6-7,13-14,16,18H,4-5,8-12H2,1-3H3. The molecule has 1 unspecified atom stereocenters. The molecule has 1 saturated heterocycles. The zero-order valence-corrected chi connectivity index (χ0v) is 13.6. The van der Waals surface area contributed by atoms with Crippen LogP contribution in [0.25, 0.3) is 0 Å². The first-order chi connectivity index (χ1) is 10.1. The van der Waals surface area contributed by atoms with Crippen molar-refractivity contribution in [2.45, 2.75) is 45.7 Å². The Balaban J connectivity index is 1.67. The van der Waals surface area contributed by atoms with Crippen LogP contribution in [0.2, 0.25) is 0 Å². The van der Waals surface area contributed by atoms with Crippen LogP contribution in [0.15, 0.2) is 18.3 Å². The molecule has 0 aliphatic carbocycles. The van der Waals surface area contributed by atoms with Gasteiger partial charge in [0.2, 0.25) is 5.88 Å². The van der Waals surface area contributed by atoms with Crippen molar-refractivity contribution in [1.29, 1.82) is 0 Å². The van der Waals surface area contributed by atoms with Crippen molar-refractivity contribution in [3.8, 4) is 5.88 Å². The van der Waals surface area contributed by atoms with Gasteiger partial charge in [-0.25, -0.2) is 4.98 Å². The fourth-order valence-corrected chi connectivity index (χ4v) is 2.75. The molecule has 0 radical (unpaired) electrons. The second-order valence-corrected chi connectivity index (χ2v) is 6.44. The van der Waals surface area contributed by atoms with E-state index in [0.29, 0.717) is 12.0 Å². The lowest BCUT2D eigenvalue weighted by molar-refractivity contribution is 0.228. The second-order valence-electron chi connectivity index (χ2n) is 6.44. The van der Waals surface area contributed by atoms with E-state index >= 15 is 0 Å². The molecular formula is C17H29N3O. The lowest BCUT2D eigenvalue weighted by atomic mass is 10.1. The highest BCUT2D eigenvalue weighted by Crippen LogP contribution is 2.18. The van der Waals surface area contributed by atoms with Gasteiger partial charge in [-0.15, -0.1) is 0 Å². The van der Waals surface area contributed by atoms with E-state index in [4.69, 9.17) is 4.74 Å². The SMILES string of the molecule is CC(C)CNCc1ccc(OCCC2CCCN2C)nc1. The van der Waals surface area contributed by atoms with Gasteiger partial charge >= 0.3 is 0 Å². The molecule has 1 fully saturated rings. The van der Waals surface area contributed by atoms with Crippen LogP contribution >= 0.6 is 0 Å². The van der Waals surface area contributed by atoms with Gasteiger partial charge in [0.1, 0.15) is 0 Å². The summed E-state index contributed by atoms with van der Waals surface area (Å²) in [6.07, 6.45) is 5.62. The summed E-state index contributed by atoms with van der Waals surface area (Å²) in [6, 6.07) is 4.76. The minimum atomic E-state index is 0.675. The van der Waals surface area contributed by atoms with Crippen molar-refractivity contribution in [3.05, 3.63) is 23.9 Å². The minimum absolute atomic E-state index is 0.675. The molecule has 1 aromatic rings. The number of nitrogens with one attached hydrogen (secondary N) is 1. The van der Waals surface area contributed by atoms with Gasteiger partial charge in [-0.1, -0.05) is 19.9 Å². The van der Waals surface area contributed by atoms with Gasteiger partial charge in [-0.3, -0.25) is 0 Å². The first kappa shape index (κ1) is 16.2. The minimum Gasteiger partial charge on any atom is -0.478 e. The zero-order chi connectivity index (χ0) is 15.1. The van der Waals surface area contributed by atoms with Crippen LogP contribution < -0.4 is 10.1 Å². The molecule has 2 rings (SSSR count). The molecule has 0 saturated carbocycles. The van der Waals surface area contributed by atoms with Crippen molar-refractivity contribution in [2.24, 2.45) is 5.92 Å². The highest BCUT2D eigenvalue weighted by Gasteiger charge is 2.20. The summed E-state index contributed by atoms with van der Waals surface area (Å²) >= 11 is 0. The van der Waals surface area contributed by atoms with E-state index in [9.17, 15) is 0 Å². The van der Waals surface area contributed by atoms with Gasteiger partial charge < -0.3 is 15.0 Å². The molecule has 0 aromatic carbocycles. The van der Waals surface area contributed by atoms with Gasteiger partial charge in [0.15, 0.2) is 0 Å². The second kappa shape index (κ2) is 8.35. The fourth-order valence-electron chi connectivity index (χ4n) is 2.75. The Labute approximate surface area is 128 Å². The number of pyridine rings is 1. The highest BCUT2D eigenvalue weighted by molar-refractivity contribution is 5.17. The summed E-state index contributed by atoms with van der Waals surface area (Å²) in [5.74, 6) is 1.41.